The average Bonchev–Trinajstić information content (AvgIpc) is 3.50. The van der Waals surface area contributed by atoms with Crippen LogP contribution in [-0.4, -0.2) is 26.6 Å². The van der Waals surface area contributed by atoms with Gasteiger partial charge in [-0.2, -0.15) is 0 Å². The van der Waals surface area contributed by atoms with Crippen LogP contribution < -0.4 is 10.4 Å². The molecule has 0 saturated heterocycles. The molecule has 30 heavy (non-hydrogen) atoms. The Morgan fingerprint density at radius 2 is 1.30 bits per heavy atom. The molecular weight excluding hydrogens is 384 g/mol. The maximum Gasteiger partial charge on any atom is 0.261 e. The summed E-state index contributed by atoms with van der Waals surface area (Å²) in [5.41, 5.74) is 1.07. The van der Waals surface area contributed by atoms with Gasteiger partial charge in [-0.25, -0.2) is 0 Å². The van der Waals surface area contributed by atoms with Crippen LogP contribution in [0.25, 0.3) is 0 Å². The van der Waals surface area contributed by atoms with Gasteiger partial charge in [0, 0.05) is 12.0 Å². The predicted molar refractivity (Wildman–Crippen MR) is 127 cm³/mol. The Labute approximate surface area is 181 Å². The van der Waals surface area contributed by atoms with Crippen LogP contribution in [-0.2, 0) is 9.84 Å². The number of aliphatic hydroxyl groups is 1. The zero-order chi connectivity index (χ0) is 21.2. The first kappa shape index (κ1) is 21.0. The Kier molecular flexibility index (Phi) is 5.71. The van der Waals surface area contributed by atoms with E-state index in [1.807, 2.05) is 6.07 Å². The van der Waals surface area contributed by atoms with Crippen molar-refractivity contribution >= 4 is 18.7 Å². The molecule has 4 rings (SSSR count). The summed E-state index contributed by atoms with van der Waals surface area (Å²) in [5, 5.41) is 12.8. The molecule has 1 aliphatic carbocycles. The second-order valence-electron chi connectivity index (χ2n) is 9.56. The van der Waals surface area contributed by atoms with Crippen LogP contribution in [0.3, 0.4) is 0 Å². The Morgan fingerprint density at radius 1 is 0.833 bits per heavy atom. The van der Waals surface area contributed by atoms with E-state index in [0.717, 1.165) is 6.42 Å². The van der Waals surface area contributed by atoms with E-state index in [4.69, 9.17) is 4.43 Å². The summed E-state index contributed by atoms with van der Waals surface area (Å²) in [4.78, 5) is 0. The summed E-state index contributed by atoms with van der Waals surface area (Å²) >= 11 is 0. The molecule has 0 amide bonds. The lowest BCUT2D eigenvalue weighted by molar-refractivity contribution is 0.217. The van der Waals surface area contributed by atoms with E-state index in [0.29, 0.717) is 12.5 Å². The summed E-state index contributed by atoms with van der Waals surface area (Å²) in [7, 11) is -2.53. The van der Waals surface area contributed by atoms with Gasteiger partial charge in [0.05, 0.1) is 6.61 Å². The van der Waals surface area contributed by atoms with E-state index in [1.165, 1.54) is 15.9 Å². The van der Waals surface area contributed by atoms with Crippen LogP contribution in [0.2, 0.25) is 5.04 Å². The van der Waals surface area contributed by atoms with Crippen molar-refractivity contribution in [2.24, 2.45) is 5.92 Å². The Balaban J connectivity index is 1.70. The molecule has 3 aromatic carbocycles. The Bertz CT molecular complexity index is 911. The molecule has 1 N–H and O–H groups in total. The summed E-state index contributed by atoms with van der Waals surface area (Å²) in [6.45, 7) is 7.77. The quantitative estimate of drug-likeness (QED) is 0.574. The van der Waals surface area contributed by atoms with Gasteiger partial charge in [-0.1, -0.05) is 112 Å². The number of aliphatic hydroxyl groups excluding tert-OH is 1. The van der Waals surface area contributed by atoms with Crippen molar-refractivity contribution in [2.75, 3.05) is 13.2 Å². The third kappa shape index (κ3) is 3.56. The largest absolute Gasteiger partial charge is 0.407 e. The Morgan fingerprint density at radius 3 is 1.73 bits per heavy atom. The maximum atomic E-state index is 10.3. The predicted octanol–water partition coefficient (Wildman–Crippen LogP) is 4.51. The molecule has 156 valence electrons. The SMILES string of the molecule is CC(C)(C)[Si](OC[C@@H]1CC1(CO)c1ccccc1)(c1ccccc1)c1ccccc1. The number of hydrogen-bond donors (Lipinski definition) is 1. The summed E-state index contributed by atoms with van der Waals surface area (Å²) in [6.07, 6.45) is 0.978. The summed E-state index contributed by atoms with van der Waals surface area (Å²) < 4.78 is 7.10. The molecule has 3 heteroatoms. The normalized spacial score (nSPS) is 21.4. The molecule has 0 aromatic heterocycles. The van der Waals surface area contributed by atoms with Crippen molar-refractivity contribution < 1.29 is 9.53 Å². The van der Waals surface area contributed by atoms with Gasteiger partial charge in [0.1, 0.15) is 0 Å². The highest BCUT2D eigenvalue weighted by Crippen LogP contribution is 2.54. The fourth-order valence-electron chi connectivity index (χ4n) is 4.99. The zero-order valence-electron chi connectivity index (χ0n) is 18.2. The van der Waals surface area contributed by atoms with Gasteiger partial charge in [-0.3, -0.25) is 0 Å². The molecule has 0 aliphatic heterocycles. The van der Waals surface area contributed by atoms with Crippen LogP contribution in [0.4, 0.5) is 0 Å². The fourth-order valence-corrected chi connectivity index (χ4v) is 9.60. The summed E-state index contributed by atoms with van der Waals surface area (Å²) in [6, 6.07) is 32.0. The van der Waals surface area contributed by atoms with E-state index in [2.05, 4.69) is 106 Å². The van der Waals surface area contributed by atoms with Crippen LogP contribution in [0.1, 0.15) is 32.8 Å². The van der Waals surface area contributed by atoms with Gasteiger partial charge in [0.2, 0.25) is 0 Å². The molecule has 0 heterocycles. The van der Waals surface area contributed by atoms with Gasteiger partial charge in [0.15, 0.2) is 0 Å². The van der Waals surface area contributed by atoms with Crippen molar-refractivity contribution in [1.29, 1.82) is 0 Å². The topological polar surface area (TPSA) is 29.5 Å². The van der Waals surface area contributed by atoms with Crippen molar-refractivity contribution in [3.63, 3.8) is 0 Å². The van der Waals surface area contributed by atoms with Gasteiger partial charge in [-0.15, -0.1) is 0 Å². The second-order valence-corrected chi connectivity index (χ2v) is 13.9. The van der Waals surface area contributed by atoms with E-state index in [1.54, 1.807) is 0 Å². The fraction of sp³-hybridized carbons (Fsp3) is 0.333. The number of benzene rings is 3. The van der Waals surface area contributed by atoms with Gasteiger partial charge >= 0.3 is 0 Å². The minimum absolute atomic E-state index is 0.0286. The third-order valence-electron chi connectivity index (χ3n) is 6.78. The standard InChI is InChI=1S/C27H32O2Si/c1-26(2,3)30(24-15-9-5-10-16-24,25-17-11-6-12-18-25)29-20-23-19-27(23,21-28)22-13-7-4-8-14-22/h4-18,23,28H,19-21H2,1-3H3/t23-,27?/m0/s1. The molecule has 1 aliphatic rings. The lowest BCUT2D eigenvalue weighted by Gasteiger charge is -2.43. The molecule has 0 radical (unpaired) electrons. The monoisotopic (exact) mass is 416 g/mol. The number of hydrogen-bond acceptors (Lipinski definition) is 2. The van der Waals surface area contributed by atoms with E-state index in [-0.39, 0.29) is 17.1 Å². The highest BCUT2D eigenvalue weighted by Gasteiger charge is 2.57. The van der Waals surface area contributed by atoms with Crippen molar-refractivity contribution in [3.8, 4) is 0 Å². The molecule has 3 aromatic rings. The van der Waals surface area contributed by atoms with Gasteiger partial charge in [-0.05, 0) is 33.3 Å². The van der Waals surface area contributed by atoms with Crippen molar-refractivity contribution in [2.45, 2.75) is 37.6 Å². The third-order valence-corrected chi connectivity index (χ3v) is 11.8. The minimum Gasteiger partial charge on any atom is -0.407 e. The molecule has 1 unspecified atom stereocenters. The van der Waals surface area contributed by atoms with Crippen LogP contribution in [0.5, 0.6) is 0 Å². The second kappa shape index (κ2) is 8.14. The number of rotatable bonds is 7. The van der Waals surface area contributed by atoms with Crippen LogP contribution in [0, 0.1) is 5.92 Å². The smallest absolute Gasteiger partial charge is 0.261 e. The molecule has 2 atom stereocenters. The lowest BCUT2D eigenvalue weighted by Crippen LogP contribution is -2.66. The van der Waals surface area contributed by atoms with Gasteiger partial charge in [0.25, 0.3) is 8.32 Å². The van der Waals surface area contributed by atoms with E-state index in [9.17, 15) is 5.11 Å². The summed E-state index contributed by atoms with van der Waals surface area (Å²) in [5.74, 6) is 0.339. The Hall–Kier alpha value is -2.20. The molecule has 0 bridgehead atoms. The van der Waals surface area contributed by atoms with Gasteiger partial charge < -0.3 is 9.53 Å². The molecular formula is C27H32O2Si. The first-order valence-electron chi connectivity index (χ1n) is 10.9. The highest BCUT2D eigenvalue weighted by atomic mass is 28.4. The van der Waals surface area contributed by atoms with Crippen LogP contribution >= 0.6 is 0 Å². The first-order valence-corrected chi connectivity index (χ1v) is 12.8. The minimum atomic E-state index is -2.53. The highest BCUT2D eigenvalue weighted by molar-refractivity contribution is 6.99. The zero-order valence-corrected chi connectivity index (χ0v) is 19.2. The van der Waals surface area contributed by atoms with E-state index >= 15 is 0 Å². The first-order chi connectivity index (χ1) is 14.4. The van der Waals surface area contributed by atoms with Crippen LogP contribution in [0.15, 0.2) is 91.0 Å². The molecule has 2 nitrogen and oxygen atoms in total. The maximum absolute atomic E-state index is 10.3. The lowest BCUT2D eigenvalue weighted by atomic mass is 9.94. The van der Waals surface area contributed by atoms with Crippen molar-refractivity contribution in [3.05, 3.63) is 96.6 Å². The molecule has 1 fully saturated rings. The molecule has 1 saturated carbocycles. The van der Waals surface area contributed by atoms with E-state index < -0.39 is 8.32 Å². The van der Waals surface area contributed by atoms with Crippen molar-refractivity contribution in [1.82, 2.24) is 0 Å². The molecule has 0 spiro atoms. The average molecular weight is 417 g/mol.